The predicted octanol–water partition coefficient (Wildman–Crippen LogP) is 2.74. The van der Waals surface area contributed by atoms with E-state index >= 15 is 0 Å². The molecule has 0 spiro atoms. The molecule has 164 valence electrons. The van der Waals surface area contributed by atoms with Crippen molar-refractivity contribution < 1.29 is 27.4 Å². The number of ether oxygens (including phenoxy) is 1. The summed E-state index contributed by atoms with van der Waals surface area (Å²) in [6.45, 7) is 2.35. The first-order valence-corrected chi connectivity index (χ1v) is 11.1. The number of fused-ring (bicyclic) bond motifs is 3. The second kappa shape index (κ2) is 7.60. The molecule has 5 N–H and O–H groups in total. The van der Waals surface area contributed by atoms with Gasteiger partial charge in [-0.3, -0.25) is 13.9 Å². The van der Waals surface area contributed by atoms with Crippen molar-refractivity contribution in [2.45, 2.75) is 38.4 Å². The summed E-state index contributed by atoms with van der Waals surface area (Å²) in [7, 11) is -3.36. The lowest BCUT2D eigenvalue weighted by Crippen LogP contribution is -2.36. The van der Waals surface area contributed by atoms with Crippen molar-refractivity contribution >= 4 is 28.2 Å². The van der Waals surface area contributed by atoms with Gasteiger partial charge in [-0.05, 0) is 25.5 Å². The molecule has 0 bridgehead atoms. The summed E-state index contributed by atoms with van der Waals surface area (Å²) in [6, 6.07) is 3.31. The molecule has 2 aromatic rings. The lowest BCUT2D eigenvalue weighted by molar-refractivity contribution is -0.118. The fourth-order valence-electron chi connectivity index (χ4n) is 3.64. The second-order valence-electron chi connectivity index (χ2n) is 7.30. The van der Waals surface area contributed by atoms with Gasteiger partial charge < -0.3 is 20.4 Å². The van der Waals surface area contributed by atoms with Crippen molar-refractivity contribution in [2.75, 3.05) is 22.0 Å². The van der Waals surface area contributed by atoms with Gasteiger partial charge in [0, 0.05) is 18.0 Å². The molecule has 1 fully saturated rings. The number of anilines is 2. The van der Waals surface area contributed by atoms with Crippen LogP contribution in [0.15, 0.2) is 24.4 Å². The normalized spacial score (nSPS) is 21.9. The van der Waals surface area contributed by atoms with Gasteiger partial charge in [-0.15, -0.1) is 10.8 Å². The maximum atomic E-state index is 13.5. The third-order valence-electron chi connectivity index (χ3n) is 5.21. The summed E-state index contributed by atoms with van der Waals surface area (Å²) in [4.78, 5) is 15.7. The molecule has 0 aliphatic carbocycles. The van der Waals surface area contributed by atoms with Gasteiger partial charge in [-0.2, -0.15) is 0 Å². The molecule has 4 rings (SSSR count). The number of hydrogen-bond acceptors (Lipinski definition) is 7. The van der Waals surface area contributed by atoms with Gasteiger partial charge >= 0.3 is 0 Å². The molecule has 0 unspecified atom stereocenters. The number of rotatable bonds is 5. The van der Waals surface area contributed by atoms with Gasteiger partial charge in [0.2, 0.25) is 5.91 Å². The minimum atomic E-state index is -3.36. The number of benzene rings is 1. The number of halogens is 2. The van der Waals surface area contributed by atoms with Crippen LogP contribution in [0.1, 0.15) is 13.3 Å². The summed E-state index contributed by atoms with van der Waals surface area (Å²) in [5.41, 5.74) is 6.54. The highest BCUT2D eigenvalue weighted by molar-refractivity contribution is 8.25. The smallest absolute Gasteiger partial charge is 0.260 e. The second-order valence-corrected chi connectivity index (χ2v) is 9.36. The molecule has 0 saturated carbocycles. The largest absolute Gasteiger partial charge is 0.491 e. The van der Waals surface area contributed by atoms with E-state index in [1.165, 1.54) is 0 Å². The van der Waals surface area contributed by atoms with E-state index < -0.39 is 35.2 Å². The first-order valence-electron chi connectivity index (χ1n) is 9.41. The maximum absolute atomic E-state index is 13.5. The quantitative estimate of drug-likeness (QED) is 0.560. The van der Waals surface area contributed by atoms with E-state index in [0.29, 0.717) is 36.0 Å². The number of carbonyl (C=O) groups excluding carboxylic acids is 1. The van der Waals surface area contributed by atoms with E-state index in [4.69, 9.17) is 10.5 Å². The maximum Gasteiger partial charge on any atom is 0.260 e. The zero-order valence-electron chi connectivity index (χ0n) is 16.2. The number of primary amides is 1. The molecule has 30 heavy (non-hydrogen) atoms. The third-order valence-corrected chi connectivity index (χ3v) is 7.08. The van der Waals surface area contributed by atoms with Gasteiger partial charge in [0.25, 0.3) is 6.43 Å². The molecule has 12 heteroatoms. The highest BCUT2D eigenvalue weighted by atomic mass is 32.3. The topological polar surface area (TPSA) is 126 Å². The average Bonchev–Trinajstić information content (AvgIpc) is 3.17. The van der Waals surface area contributed by atoms with E-state index in [-0.39, 0.29) is 18.0 Å². The first-order chi connectivity index (χ1) is 14.2. The Hall–Kier alpha value is -2.57. The molecule has 0 radical (unpaired) electrons. The predicted molar refractivity (Wildman–Crippen MR) is 110 cm³/mol. The van der Waals surface area contributed by atoms with Crippen molar-refractivity contribution in [1.82, 2.24) is 9.55 Å². The lowest BCUT2D eigenvalue weighted by atomic mass is 10.1. The number of nitrogens with two attached hydrogens (primary N) is 1. The summed E-state index contributed by atoms with van der Waals surface area (Å²) < 4.78 is 56.1. The Morgan fingerprint density at radius 3 is 2.90 bits per heavy atom. The van der Waals surface area contributed by atoms with Crippen molar-refractivity contribution in [3.8, 4) is 17.1 Å². The Kier molecular flexibility index (Phi) is 5.24. The monoisotopic (exact) mass is 443 g/mol. The number of carbonyl (C=O) groups is 1. The Bertz CT molecular complexity index is 970. The van der Waals surface area contributed by atoms with Gasteiger partial charge in [0.1, 0.15) is 30.3 Å². The lowest BCUT2D eigenvalue weighted by Gasteiger charge is -2.39. The Labute approximate surface area is 173 Å². The summed E-state index contributed by atoms with van der Waals surface area (Å²) in [6.07, 6.45) is -1.20. The van der Waals surface area contributed by atoms with Crippen LogP contribution < -0.4 is 20.1 Å². The van der Waals surface area contributed by atoms with Crippen molar-refractivity contribution in [1.29, 1.82) is 0 Å². The van der Waals surface area contributed by atoms with Crippen molar-refractivity contribution in [3.05, 3.63) is 24.4 Å². The molecule has 2 aliphatic rings. The highest BCUT2D eigenvalue weighted by Gasteiger charge is 2.44. The van der Waals surface area contributed by atoms with Gasteiger partial charge in [0.15, 0.2) is 5.82 Å². The van der Waals surface area contributed by atoms with Gasteiger partial charge in [0.05, 0.1) is 17.9 Å². The number of imidazole rings is 1. The SMILES string of the molecule is C[C@H](Nc1ccc2c(c1)OCCn1cc(N3[C@H](C(F)F)CCS3(O)O)nc1-2)C(N)=O. The number of alkyl halides is 2. The first kappa shape index (κ1) is 20.7. The molecule has 1 aromatic heterocycles. The minimum absolute atomic E-state index is 0.0189. The zero-order chi connectivity index (χ0) is 21.6. The molecule has 9 nitrogen and oxygen atoms in total. The van der Waals surface area contributed by atoms with Crippen LogP contribution in [0.25, 0.3) is 11.4 Å². The number of hydrogen-bond donors (Lipinski definition) is 4. The minimum Gasteiger partial charge on any atom is -0.491 e. The summed E-state index contributed by atoms with van der Waals surface area (Å²) in [5, 5.41) is 2.98. The molecule has 3 heterocycles. The molecular formula is C18H23F2N5O4S. The standard InChI is InChI=1S/C18H23F2N5O4S/c1-10(17(21)26)22-11-2-3-12-14(8-11)29-6-5-24-9-15(23-18(12)24)25-13(16(19)20)4-7-30(25,27)28/h2-3,8-10,13,16,22,27-28H,4-7H2,1H3,(H2,21,26)/t10-,13-/m0/s1. The molecule has 1 saturated heterocycles. The third kappa shape index (κ3) is 3.66. The van der Waals surface area contributed by atoms with E-state index in [1.54, 1.807) is 35.9 Å². The molecule has 1 aromatic carbocycles. The van der Waals surface area contributed by atoms with Crippen LogP contribution in [0, 0.1) is 0 Å². The van der Waals surface area contributed by atoms with E-state index in [2.05, 4.69) is 10.3 Å². The fraction of sp³-hybridized carbons (Fsp3) is 0.444. The summed E-state index contributed by atoms with van der Waals surface area (Å²) in [5.74, 6) is 0.472. The number of amides is 1. The zero-order valence-corrected chi connectivity index (χ0v) is 17.0. The van der Waals surface area contributed by atoms with Crippen molar-refractivity contribution in [2.24, 2.45) is 5.73 Å². The number of aromatic nitrogens is 2. The van der Waals surface area contributed by atoms with Crippen LogP contribution in [0.3, 0.4) is 0 Å². The number of nitrogens with one attached hydrogen (secondary N) is 1. The van der Waals surface area contributed by atoms with Crippen LogP contribution in [-0.4, -0.2) is 55.4 Å². The van der Waals surface area contributed by atoms with Crippen LogP contribution in [0.5, 0.6) is 5.75 Å². The molecule has 1 amide bonds. The van der Waals surface area contributed by atoms with E-state index in [0.717, 1.165) is 4.31 Å². The fourth-order valence-corrected chi connectivity index (χ4v) is 5.42. The highest BCUT2D eigenvalue weighted by Crippen LogP contribution is 2.55. The Morgan fingerprint density at radius 2 is 2.20 bits per heavy atom. The van der Waals surface area contributed by atoms with Crippen LogP contribution >= 0.6 is 10.8 Å². The molecular weight excluding hydrogens is 420 g/mol. The Morgan fingerprint density at radius 1 is 1.43 bits per heavy atom. The van der Waals surface area contributed by atoms with Crippen LogP contribution in [0.2, 0.25) is 0 Å². The van der Waals surface area contributed by atoms with Crippen LogP contribution in [0.4, 0.5) is 20.3 Å². The van der Waals surface area contributed by atoms with Crippen LogP contribution in [-0.2, 0) is 11.3 Å². The summed E-state index contributed by atoms with van der Waals surface area (Å²) >= 11 is 0. The van der Waals surface area contributed by atoms with Gasteiger partial charge in [-0.1, -0.05) is 0 Å². The Balaban J connectivity index is 1.70. The van der Waals surface area contributed by atoms with E-state index in [1.807, 2.05) is 0 Å². The average molecular weight is 443 g/mol. The molecule has 2 atom stereocenters. The van der Waals surface area contributed by atoms with Crippen molar-refractivity contribution in [3.63, 3.8) is 0 Å². The van der Waals surface area contributed by atoms with E-state index in [9.17, 15) is 22.7 Å². The molecule has 2 aliphatic heterocycles. The number of nitrogens with zero attached hydrogens (tertiary/aromatic N) is 3. The van der Waals surface area contributed by atoms with Gasteiger partial charge in [-0.25, -0.2) is 18.1 Å².